The van der Waals surface area contributed by atoms with Gasteiger partial charge in [-0.2, -0.15) is 0 Å². The summed E-state index contributed by atoms with van der Waals surface area (Å²) in [7, 11) is 0. The van der Waals surface area contributed by atoms with Gasteiger partial charge >= 0.3 is 0 Å². The van der Waals surface area contributed by atoms with Crippen LogP contribution in [-0.2, 0) is 16.0 Å². The van der Waals surface area contributed by atoms with Crippen molar-refractivity contribution in [1.29, 1.82) is 0 Å². The number of benzene rings is 1. The van der Waals surface area contributed by atoms with Crippen LogP contribution < -0.4 is 5.73 Å². The maximum atomic E-state index is 12.4. The fourth-order valence-electron chi connectivity index (χ4n) is 2.78. The average Bonchev–Trinajstić information content (AvgIpc) is 2.97. The van der Waals surface area contributed by atoms with Gasteiger partial charge in [-0.15, -0.1) is 12.4 Å². The Balaban J connectivity index is 0.00000264. The van der Waals surface area contributed by atoms with Gasteiger partial charge in [0, 0.05) is 32.2 Å². The van der Waals surface area contributed by atoms with Crippen LogP contribution in [0.4, 0.5) is 0 Å². The van der Waals surface area contributed by atoms with Gasteiger partial charge in [-0.1, -0.05) is 29.8 Å². The van der Waals surface area contributed by atoms with Crippen LogP contribution in [-0.4, -0.2) is 42.6 Å². The number of carbonyl (C=O) groups excluding carboxylic acids is 1. The zero-order chi connectivity index (χ0) is 15.9. The van der Waals surface area contributed by atoms with Crippen molar-refractivity contribution in [2.45, 2.75) is 51.7 Å². The van der Waals surface area contributed by atoms with Gasteiger partial charge in [0.15, 0.2) is 0 Å². The Labute approximate surface area is 145 Å². The zero-order valence-electron chi connectivity index (χ0n) is 14.2. The fraction of sp³-hybridized carbons (Fsp3) is 0.611. The highest BCUT2D eigenvalue weighted by molar-refractivity contribution is 5.85. The van der Waals surface area contributed by atoms with Crippen LogP contribution in [0.1, 0.15) is 37.3 Å². The van der Waals surface area contributed by atoms with E-state index in [9.17, 15) is 4.79 Å². The number of aryl methyl sites for hydroxylation is 1. The third-order valence-electron chi connectivity index (χ3n) is 4.09. The molecule has 1 aliphatic heterocycles. The summed E-state index contributed by atoms with van der Waals surface area (Å²) in [6.07, 6.45) is 3.61. The van der Waals surface area contributed by atoms with Crippen LogP contribution in [0.15, 0.2) is 24.3 Å². The molecule has 23 heavy (non-hydrogen) atoms. The van der Waals surface area contributed by atoms with E-state index in [0.29, 0.717) is 13.0 Å². The number of ether oxygens (including phenoxy) is 1. The van der Waals surface area contributed by atoms with Gasteiger partial charge in [0.25, 0.3) is 0 Å². The first kappa shape index (κ1) is 19.9. The molecule has 1 fully saturated rings. The summed E-state index contributed by atoms with van der Waals surface area (Å²) in [6, 6.07) is 8.40. The lowest BCUT2D eigenvalue weighted by atomic mass is 10.1. The minimum atomic E-state index is -0.0983. The average molecular weight is 341 g/mol. The van der Waals surface area contributed by atoms with Crippen molar-refractivity contribution in [3.8, 4) is 0 Å². The van der Waals surface area contributed by atoms with Crippen molar-refractivity contribution in [2.75, 3.05) is 19.7 Å². The van der Waals surface area contributed by atoms with Crippen LogP contribution in [0.25, 0.3) is 0 Å². The predicted molar refractivity (Wildman–Crippen MR) is 96.0 cm³/mol. The predicted octanol–water partition coefficient (Wildman–Crippen LogP) is 2.70. The summed E-state index contributed by atoms with van der Waals surface area (Å²) in [6.45, 7) is 6.20. The lowest BCUT2D eigenvalue weighted by molar-refractivity contribution is -0.133. The largest absolute Gasteiger partial charge is 0.376 e. The van der Waals surface area contributed by atoms with E-state index in [-0.39, 0.29) is 30.5 Å². The number of halogens is 1. The maximum absolute atomic E-state index is 12.4. The molecule has 2 atom stereocenters. The Bertz CT molecular complexity index is 470. The SMILES string of the molecule is Cc1ccc(CCN(CC2CCCO2)C(=O)CC(C)N)cc1.Cl. The molecule has 2 N–H and O–H groups in total. The second-order valence-electron chi connectivity index (χ2n) is 6.39. The highest BCUT2D eigenvalue weighted by Gasteiger charge is 2.22. The molecular weight excluding hydrogens is 312 g/mol. The molecule has 2 rings (SSSR count). The minimum absolute atomic E-state index is 0. The molecule has 1 aromatic carbocycles. The summed E-state index contributed by atoms with van der Waals surface area (Å²) < 4.78 is 5.68. The number of hydrogen-bond donors (Lipinski definition) is 1. The van der Waals surface area contributed by atoms with E-state index >= 15 is 0 Å². The number of carbonyl (C=O) groups is 1. The van der Waals surface area contributed by atoms with Crippen molar-refractivity contribution < 1.29 is 9.53 Å². The molecule has 130 valence electrons. The third-order valence-corrected chi connectivity index (χ3v) is 4.09. The van der Waals surface area contributed by atoms with Crippen LogP contribution >= 0.6 is 12.4 Å². The molecule has 0 radical (unpaired) electrons. The van der Waals surface area contributed by atoms with Crippen molar-refractivity contribution in [3.63, 3.8) is 0 Å². The molecule has 1 aliphatic rings. The highest BCUT2D eigenvalue weighted by atomic mass is 35.5. The minimum Gasteiger partial charge on any atom is -0.376 e. The first-order valence-corrected chi connectivity index (χ1v) is 8.25. The molecule has 1 amide bonds. The van der Waals surface area contributed by atoms with Crippen molar-refractivity contribution in [3.05, 3.63) is 35.4 Å². The summed E-state index contributed by atoms with van der Waals surface area (Å²) in [4.78, 5) is 14.3. The Hall–Kier alpha value is -1.10. The van der Waals surface area contributed by atoms with E-state index in [2.05, 4.69) is 31.2 Å². The Morgan fingerprint density at radius 2 is 2.09 bits per heavy atom. The number of rotatable bonds is 7. The molecule has 5 heteroatoms. The Morgan fingerprint density at radius 3 is 2.65 bits per heavy atom. The summed E-state index contributed by atoms with van der Waals surface area (Å²) in [5.74, 6) is 0.137. The first-order valence-electron chi connectivity index (χ1n) is 8.25. The lowest BCUT2D eigenvalue weighted by Gasteiger charge is -2.26. The molecule has 0 aromatic heterocycles. The second-order valence-corrected chi connectivity index (χ2v) is 6.39. The van der Waals surface area contributed by atoms with Gasteiger partial charge in [0.2, 0.25) is 5.91 Å². The van der Waals surface area contributed by atoms with Gasteiger partial charge in [0.1, 0.15) is 0 Å². The van der Waals surface area contributed by atoms with E-state index in [1.165, 1.54) is 11.1 Å². The number of nitrogens with two attached hydrogens (primary N) is 1. The molecule has 4 nitrogen and oxygen atoms in total. The smallest absolute Gasteiger partial charge is 0.224 e. The molecule has 0 bridgehead atoms. The lowest BCUT2D eigenvalue weighted by Crippen LogP contribution is -2.40. The monoisotopic (exact) mass is 340 g/mol. The highest BCUT2D eigenvalue weighted by Crippen LogP contribution is 2.15. The van der Waals surface area contributed by atoms with Crippen molar-refractivity contribution >= 4 is 18.3 Å². The quantitative estimate of drug-likeness (QED) is 0.830. The molecule has 1 aromatic rings. The van der Waals surface area contributed by atoms with Crippen LogP contribution in [0, 0.1) is 6.92 Å². The van der Waals surface area contributed by atoms with Gasteiger partial charge in [0.05, 0.1) is 6.10 Å². The molecule has 0 saturated carbocycles. The van der Waals surface area contributed by atoms with Crippen molar-refractivity contribution in [1.82, 2.24) is 4.90 Å². The molecule has 2 unspecified atom stereocenters. The van der Waals surface area contributed by atoms with Gasteiger partial charge < -0.3 is 15.4 Å². The molecule has 1 heterocycles. The van der Waals surface area contributed by atoms with Gasteiger partial charge in [-0.3, -0.25) is 4.79 Å². The first-order chi connectivity index (χ1) is 10.5. The van der Waals surface area contributed by atoms with E-state index < -0.39 is 0 Å². The van der Waals surface area contributed by atoms with Crippen molar-refractivity contribution in [2.24, 2.45) is 5.73 Å². The number of hydrogen-bond acceptors (Lipinski definition) is 3. The normalized spacial score (nSPS) is 18.3. The van der Waals surface area contributed by atoms with E-state index in [4.69, 9.17) is 10.5 Å². The summed E-state index contributed by atoms with van der Waals surface area (Å²) in [5.41, 5.74) is 8.30. The Kier molecular flexibility index (Phi) is 8.59. The summed E-state index contributed by atoms with van der Waals surface area (Å²) >= 11 is 0. The van der Waals surface area contributed by atoms with Gasteiger partial charge in [-0.25, -0.2) is 0 Å². The zero-order valence-corrected chi connectivity index (χ0v) is 15.0. The number of nitrogens with zero attached hydrogens (tertiary/aromatic N) is 1. The van der Waals surface area contributed by atoms with Crippen LogP contribution in [0.3, 0.4) is 0 Å². The third kappa shape index (κ3) is 6.90. The van der Waals surface area contributed by atoms with E-state index in [1.54, 1.807) is 0 Å². The molecular formula is C18H29ClN2O2. The summed E-state index contributed by atoms with van der Waals surface area (Å²) in [5, 5.41) is 0. The standard InChI is InChI=1S/C18H28N2O2.ClH/c1-14-5-7-16(8-6-14)9-10-20(18(21)12-15(2)19)13-17-4-3-11-22-17;/h5-8,15,17H,3-4,9-13,19H2,1-2H3;1H. The molecule has 0 aliphatic carbocycles. The van der Waals surface area contributed by atoms with Crippen LogP contribution in [0.5, 0.6) is 0 Å². The second kappa shape index (κ2) is 9.91. The molecule has 1 saturated heterocycles. The van der Waals surface area contributed by atoms with Crippen LogP contribution in [0.2, 0.25) is 0 Å². The van der Waals surface area contributed by atoms with Gasteiger partial charge in [-0.05, 0) is 38.7 Å². The topological polar surface area (TPSA) is 55.6 Å². The van der Waals surface area contributed by atoms with E-state index in [1.807, 2.05) is 11.8 Å². The van der Waals surface area contributed by atoms with E-state index in [0.717, 1.165) is 32.4 Å². The Morgan fingerprint density at radius 1 is 1.39 bits per heavy atom. The molecule has 0 spiro atoms. The number of amides is 1. The fourth-order valence-corrected chi connectivity index (χ4v) is 2.78. The maximum Gasteiger partial charge on any atom is 0.224 e.